The molecule has 12 nitrogen and oxygen atoms in total. The number of carbonyl (C=O) groups is 4. The van der Waals surface area contributed by atoms with Crippen LogP contribution in [-0.2, 0) is 57.1 Å². The van der Waals surface area contributed by atoms with Gasteiger partial charge < -0.3 is 37.9 Å². The van der Waals surface area contributed by atoms with Crippen molar-refractivity contribution in [3.63, 3.8) is 0 Å². The van der Waals surface area contributed by atoms with Crippen molar-refractivity contribution in [2.45, 2.75) is 98.4 Å². The molecule has 0 aliphatic heterocycles. The highest BCUT2D eigenvalue weighted by molar-refractivity contribution is 9.10. The molecule has 288 valence electrons. The highest BCUT2D eigenvalue weighted by atomic mass is 79.9. The first-order valence-corrected chi connectivity index (χ1v) is 19.4. The number of carbonyl (C=O) groups excluding carboxylic acids is 4. The van der Waals surface area contributed by atoms with Crippen molar-refractivity contribution < 1.29 is 57.1 Å². The van der Waals surface area contributed by atoms with Gasteiger partial charge in [-0.1, -0.05) is 63.7 Å². The summed E-state index contributed by atoms with van der Waals surface area (Å²) in [5, 5.41) is 0. The molecule has 0 bridgehead atoms. The van der Waals surface area contributed by atoms with Gasteiger partial charge in [0.2, 0.25) is 0 Å². The van der Waals surface area contributed by atoms with Gasteiger partial charge >= 0.3 is 23.9 Å². The number of ether oxygens (including phenoxy) is 8. The summed E-state index contributed by atoms with van der Waals surface area (Å²) >= 11 is 13.2. The zero-order valence-corrected chi connectivity index (χ0v) is 36.6. The summed E-state index contributed by atoms with van der Waals surface area (Å²) in [7, 11) is 0. The van der Waals surface area contributed by atoms with Crippen molar-refractivity contribution in [2.24, 2.45) is 5.41 Å². The largest absolute Gasteiger partial charge is 0.465 e. The van der Waals surface area contributed by atoms with Crippen molar-refractivity contribution in [3.8, 4) is 0 Å². The van der Waals surface area contributed by atoms with Crippen LogP contribution in [0, 0.1) is 5.41 Å². The van der Waals surface area contributed by atoms with E-state index in [4.69, 9.17) is 37.9 Å². The minimum atomic E-state index is -0.775. The van der Waals surface area contributed by atoms with Gasteiger partial charge in [0.15, 0.2) is 0 Å². The molecule has 0 N–H and O–H groups in total. The molecule has 0 saturated carbocycles. The summed E-state index contributed by atoms with van der Waals surface area (Å²) in [4.78, 5) is 48.2. The molecule has 0 fully saturated rings. The zero-order valence-electron chi connectivity index (χ0n) is 30.2. The van der Waals surface area contributed by atoms with Crippen molar-refractivity contribution in [1.29, 1.82) is 0 Å². The van der Waals surface area contributed by atoms with Crippen LogP contribution >= 0.6 is 63.7 Å². The second-order valence-corrected chi connectivity index (χ2v) is 21.5. The Morgan fingerprint density at radius 1 is 0.367 bits per heavy atom. The SMILES string of the molecule is CC(C)(Br)C(=O)OCCCOCC(COCCCOC(=O)C(C)(C)Br)(COCCCOC(=O)C(C)(C)Br)COCCCOC(=O)C(C)(C)Br. The van der Waals surface area contributed by atoms with Gasteiger partial charge in [0.25, 0.3) is 0 Å². The summed E-state index contributed by atoms with van der Waals surface area (Å²) in [6.07, 6.45) is 1.92. The van der Waals surface area contributed by atoms with E-state index >= 15 is 0 Å². The molecule has 0 amide bonds. The third-order valence-electron chi connectivity index (χ3n) is 6.24. The second-order valence-electron chi connectivity index (χ2n) is 13.6. The van der Waals surface area contributed by atoms with E-state index in [0.29, 0.717) is 52.1 Å². The molecule has 0 spiro atoms. The van der Waals surface area contributed by atoms with E-state index in [1.807, 2.05) is 0 Å². The first kappa shape index (κ1) is 48.6. The summed E-state index contributed by atoms with van der Waals surface area (Å²) in [6, 6.07) is 0. The minimum Gasteiger partial charge on any atom is -0.465 e. The Bertz CT molecular complexity index is 825. The van der Waals surface area contributed by atoms with Crippen LogP contribution in [0.25, 0.3) is 0 Å². The van der Waals surface area contributed by atoms with Crippen LogP contribution in [-0.4, -0.2) is 120 Å². The average molecular weight is 964 g/mol. The molecule has 0 aromatic heterocycles. The minimum absolute atomic E-state index is 0.197. The topological polar surface area (TPSA) is 142 Å². The molecule has 16 heteroatoms. The molecule has 0 rings (SSSR count). The molecule has 0 aromatic rings. The number of esters is 4. The Hall–Kier alpha value is -0.360. The van der Waals surface area contributed by atoms with Crippen LogP contribution in [0.1, 0.15) is 81.1 Å². The van der Waals surface area contributed by atoms with Crippen molar-refractivity contribution in [2.75, 3.05) is 79.3 Å². The van der Waals surface area contributed by atoms with Crippen LogP contribution in [0.5, 0.6) is 0 Å². The quantitative estimate of drug-likeness (QED) is 0.0368. The Labute approximate surface area is 325 Å². The average Bonchev–Trinajstić information content (AvgIpc) is 2.97. The number of hydrogen-bond donors (Lipinski definition) is 0. The van der Waals surface area contributed by atoms with E-state index < -0.39 is 22.7 Å². The van der Waals surface area contributed by atoms with Crippen LogP contribution < -0.4 is 0 Å². The number of alkyl halides is 4. The lowest BCUT2D eigenvalue weighted by atomic mass is 9.92. The van der Waals surface area contributed by atoms with Gasteiger partial charge in [-0.2, -0.15) is 0 Å². The van der Waals surface area contributed by atoms with Gasteiger partial charge in [0, 0.05) is 52.1 Å². The van der Waals surface area contributed by atoms with Crippen molar-refractivity contribution in [3.05, 3.63) is 0 Å². The molecule has 0 aliphatic carbocycles. The predicted octanol–water partition coefficient (Wildman–Crippen LogP) is 6.47. The fourth-order valence-electron chi connectivity index (χ4n) is 3.39. The van der Waals surface area contributed by atoms with E-state index in [2.05, 4.69) is 63.7 Å². The summed E-state index contributed by atoms with van der Waals surface area (Å²) in [6.45, 7) is 16.6. The molecule has 49 heavy (non-hydrogen) atoms. The monoisotopic (exact) mass is 960 g/mol. The standard InChI is InChI=1S/C33H56Br4O12/c1-29(2,34)25(38)46-17-9-13-42-21-33(22-43-14-10-18-47-26(39)30(3,4)35,23-44-15-11-19-48-27(40)31(5,6)36)24-45-16-12-20-49-28(41)32(7,8)37/h9-24H2,1-8H3. The maximum atomic E-state index is 12.0. The predicted molar refractivity (Wildman–Crippen MR) is 200 cm³/mol. The molecule has 0 unspecified atom stereocenters. The molecule has 0 heterocycles. The van der Waals surface area contributed by atoms with Crippen molar-refractivity contribution >= 4 is 87.6 Å². The molecule has 0 aromatic carbocycles. The maximum Gasteiger partial charge on any atom is 0.322 e. The van der Waals surface area contributed by atoms with Gasteiger partial charge in [0.05, 0.1) is 58.3 Å². The van der Waals surface area contributed by atoms with Gasteiger partial charge in [-0.15, -0.1) is 0 Å². The van der Waals surface area contributed by atoms with Crippen LogP contribution in [0.15, 0.2) is 0 Å². The van der Waals surface area contributed by atoms with E-state index in [1.54, 1.807) is 55.4 Å². The number of halogens is 4. The normalized spacial score (nSPS) is 12.8. The van der Waals surface area contributed by atoms with Crippen molar-refractivity contribution in [1.82, 2.24) is 0 Å². The van der Waals surface area contributed by atoms with Gasteiger partial charge in [-0.05, 0) is 55.4 Å². The highest BCUT2D eigenvalue weighted by Crippen LogP contribution is 2.23. The van der Waals surface area contributed by atoms with Gasteiger partial charge in [0.1, 0.15) is 17.3 Å². The molecule has 0 atom stereocenters. The summed E-state index contributed by atoms with van der Waals surface area (Å²) in [5.41, 5.74) is -0.744. The van der Waals surface area contributed by atoms with Gasteiger partial charge in [-0.3, -0.25) is 19.2 Å². The lowest BCUT2D eigenvalue weighted by Crippen LogP contribution is -2.42. The Kier molecular flexibility index (Phi) is 23.9. The smallest absolute Gasteiger partial charge is 0.322 e. The van der Waals surface area contributed by atoms with Crippen LogP contribution in [0.2, 0.25) is 0 Å². The Balaban J connectivity index is 5.38. The van der Waals surface area contributed by atoms with E-state index in [1.165, 1.54) is 0 Å². The van der Waals surface area contributed by atoms with Crippen LogP contribution in [0.4, 0.5) is 0 Å². The molecular formula is C33H56Br4O12. The first-order valence-electron chi connectivity index (χ1n) is 16.3. The first-order chi connectivity index (χ1) is 22.5. The Morgan fingerprint density at radius 3 is 0.714 bits per heavy atom. The number of hydrogen-bond acceptors (Lipinski definition) is 12. The number of rotatable bonds is 28. The molecular weight excluding hydrogens is 908 g/mol. The summed E-state index contributed by atoms with van der Waals surface area (Å²) in [5.74, 6) is -1.45. The lowest BCUT2D eigenvalue weighted by Gasteiger charge is -2.33. The Morgan fingerprint density at radius 2 is 0.551 bits per heavy atom. The fourth-order valence-corrected chi connectivity index (χ4v) is 3.85. The third-order valence-corrected chi connectivity index (χ3v) is 7.53. The molecule has 0 saturated heterocycles. The van der Waals surface area contributed by atoms with E-state index in [-0.39, 0.29) is 76.7 Å². The lowest BCUT2D eigenvalue weighted by molar-refractivity contribution is -0.146. The highest BCUT2D eigenvalue weighted by Gasteiger charge is 2.33. The molecule has 0 aliphatic rings. The van der Waals surface area contributed by atoms with Gasteiger partial charge in [-0.25, -0.2) is 0 Å². The fraction of sp³-hybridized carbons (Fsp3) is 0.879. The third kappa shape index (κ3) is 24.5. The zero-order chi connectivity index (χ0) is 37.8. The second kappa shape index (κ2) is 24.1. The van der Waals surface area contributed by atoms with E-state index in [0.717, 1.165) is 0 Å². The van der Waals surface area contributed by atoms with Crippen LogP contribution in [0.3, 0.4) is 0 Å². The summed E-state index contributed by atoms with van der Waals surface area (Å²) < 4.78 is 42.3. The van der Waals surface area contributed by atoms with E-state index in [9.17, 15) is 19.2 Å². The molecule has 0 radical (unpaired) electrons. The maximum absolute atomic E-state index is 12.0.